The third-order valence-corrected chi connectivity index (χ3v) is 2.29. The molecule has 2 radical (unpaired) electrons. The largest absolute Gasteiger partial charge is 0.366 e. The highest BCUT2D eigenvalue weighted by Gasteiger charge is 2.20. The van der Waals surface area contributed by atoms with E-state index >= 15 is 0 Å². The van der Waals surface area contributed by atoms with Gasteiger partial charge in [0, 0.05) is 5.19 Å². The van der Waals surface area contributed by atoms with Gasteiger partial charge in [-0.25, -0.2) is 17.6 Å². The molecule has 82 valence electrons. The number of benzene rings is 1. The van der Waals surface area contributed by atoms with E-state index in [0.717, 1.165) is 0 Å². The van der Waals surface area contributed by atoms with Gasteiger partial charge in [-0.15, -0.1) is 0 Å². The van der Waals surface area contributed by atoms with E-state index in [9.17, 15) is 17.6 Å². The van der Waals surface area contributed by atoms with Crippen molar-refractivity contribution in [3.63, 3.8) is 0 Å². The van der Waals surface area contributed by atoms with Crippen LogP contribution in [0.25, 0.3) is 0 Å². The summed E-state index contributed by atoms with van der Waals surface area (Å²) in [6.45, 7) is -2.20. The van der Waals surface area contributed by atoms with Crippen LogP contribution in [0.15, 0.2) is 6.07 Å². The van der Waals surface area contributed by atoms with Crippen LogP contribution in [-0.4, -0.2) is 26.5 Å². The molecule has 0 unspecified atom stereocenters. The van der Waals surface area contributed by atoms with E-state index in [1.807, 2.05) is 0 Å². The third-order valence-electron chi connectivity index (χ3n) is 1.38. The van der Waals surface area contributed by atoms with Crippen LogP contribution in [0.3, 0.4) is 0 Å². The van der Waals surface area contributed by atoms with Crippen molar-refractivity contribution in [2.45, 2.75) is 6.48 Å². The van der Waals surface area contributed by atoms with Crippen LogP contribution in [0.1, 0.15) is 0 Å². The average Bonchev–Trinajstić information content (AvgIpc) is 2.18. The molecule has 0 bridgehead atoms. The number of aliphatic hydroxyl groups is 2. The summed E-state index contributed by atoms with van der Waals surface area (Å²) in [4.78, 5) is 0. The normalized spacial score (nSPS) is 11.1. The summed E-state index contributed by atoms with van der Waals surface area (Å²) in [6.07, 6.45) is 0. The summed E-state index contributed by atoms with van der Waals surface area (Å²) in [6, 6.07) is 0.384. The lowest BCUT2D eigenvalue weighted by atomic mass is 10.3. The monoisotopic (exact) mass is 240 g/mol. The van der Waals surface area contributed by atoms with Crippen LogP contribution in [0.2, 0.25) is 0 Å². The van der Waals surface area contributed by atoms with Crippen molar-refractivity contribution < 1.29 is 32.2 Å². The molecule has 0 spiro atoms. The van der Waals surface area contributed by atoms with E-state index < -0.39 is 44.7 Å². The van der Waals surface area contributed by atoms with Gasteiger partial charge >= 0.3 is 0 Å². The molecular formula is C7H4F4O3Si. The minimum Gasteiger partial charge on any atom is -0.366 e. The Labute approximate surface area is 83.9 Å². The Morgan fingerprint density at radius 3 is 2.20 bits per heavy atom. The standard InChI is InChI=1S/C7H4F4O3Si/c8-2-1-3(15-14-7(12)13)5(10)6(11)4(2)9/h1,7,12-13H. The summed E-state index contributed by atoms with van der Waals surface area (Å²) in [5.41, 5.74) is 0. The zero-order valence-corrected chi connectivity index (χ0v) is 7.97. The smallest absolute Gasteiger partial charge is 0.278 e. The van der Waals surface area contributed by atoms with Gasteiger partial charge < -0.3 is 14.6 Å². The van der Waals surface area contributed by atoms with Gasteiger partial charge in [0.1, 0.15) is 0 Å². The van der Waals surface area contributed by atoms with Gasteiger partial charge in [-0.3, -0.25) is 0 Å². The second-order valence-corrected chi connectivity index (χ2v) is 3.37. The lowest BCUT2D eigenvalue weighted by molar-refractivity contribution is -0.179. The molecule has 0 amide bonds. The second kappa shape index (κ2) is 4.70. The lowest BCUT2D eigenvalue weighted by Gasteiger charge is -2.06. The van der Waals surface area contributed by atoms with E-state index in [0.29, 0.717) is 6.07 Å². The van der Waals surface area contributed by atoms with Crippen LogP contribution in [0, 0.1) is 23.3 Å². The Kier molecular flexibility index (Phi) is 3.80. The molecule has 1 rings (SSSR count). The average molecular weight is 240 g/mol. The van der Waals surface area contributed by atoms with Crippen LogP contribution in [-0.2, 0) is 4.43 Å². The zero-order chi connectivity index (χ0) is 11.6. The highest BCUT2D eigenvalue weighted by atomic mass is 28.2. The van der Waals surface area contributed by atoms with E-state index in [2.05, 4.69) is 4.43 Å². The Morgan fingerprint density at radius 2 is 1.67 bits per heavy atom. The number of hydrogen-bond donors (Lipinski definition) is 2. The van der Waals surface area contributed by atoms with E-state index in [1.54, 1.807) is 0 Å². The van der Waals surface area contributed by atoms with Crippen molar-refractivity contribution in [1.29, 1.82) is 0 Å². The third kappa shape index (κ3) is 2.75. The minimum absolute atomic E-state index is 0.384. The second-order valence-electron chi connectivity index (χ2n) is 2.39. The molecule has 1 aromatic carbocycles. The molecule has 0 fully saturated rings. The first-order chi connectivity index (χ1) is 6.93. The SMILES string of the molecule is OC(O)O[Si]c1cc(F)c(F)c(F)c1F. The van der Waals surface area contributed by atoms with Gasteiger partial charge in [-0.1, -0.05) is 0 Å². The van der Waals surface area contributed by atoms with Gasteiger partial charge in [0.25, 0.3) is 16.2 Å². The first-order valence-corrected chi connectivity index (χ1v) is 4.45. The number of halogens is 4. The topological polar surface area (TPSA) is 49.7 Å². The molecule has 15 heavy (non-hydrogen) atoms. The quantitative estimate of drug-likeness (QED) is 0.252. The van der Waals surface area contributed by atoms with Crippen LogP contribution >= 0.6 is 0 Å². The molecule has 0 atom stereocenters. The van der Waals surface area contributed by atoms with Crippen molar-refractivity contribution in [3.8, 4) is 0 Å². The van der Waals surface area contributed by atoms with Gasteiger partial charge in [0.2, 0.25) is 0 Å². The van der Waals surface area contributed by atoms with Crippen molar-refractivity contribution in [2.24, 2.45) is 0 Å². The lowest BCUT2D eigenvalue weighted by Crippen LogP contribution is -2.28. The molecule has 1 aromatic rings. The molecule has 0 saturated carbocycles. The fraction of sp³-hybridized carbons (Fsp3) is 0.143. The van der Waals surface area contributed by atoms with Crippen LogP contribution in [0.4, 0.5) is 17.6 Å². The Balaban J connectivity index is 2.99. The summed E-state index contributed by atoms with van der Waals surface area (Å²) >= 11 is 0. The van der Waals surface area contributed by atoms with Crippen LogP contribution in [0.5, 0.6) is 0 Å². The van der Waals surface area contributed by atoms with E-state index in [1.165, 1.54) is 0 Å². The summed E-state index contributed by atoms with van der Waals surface area (Å²) in [7, 11) is -1.05. The van der Waals surface area contributed by atoms with Crippen molar-refractivity contribution >= 4 is 14.9 Å². The molecule has 0 aliphatic carbocycles. The molecule has 0 aliphatic heterocycles. The maximum atomic E-state index is 12.9. The number of rotatable bonds is 3. The first kappa shape index (κ1) is 12.1. The Morgan fingerprint density at radius 1 is 1.07 bits per heavy atom. The molecule has 2 N–H and O–H groups in total. The van der Waals surface area contributed by atoms with Gasteiger partial charge in [0.05, 0.1) is 0 Å². The maximum absolute atomic E-state index is 12.9. The van der Waals surface area contributed by atoms with Crippen molar-refractivity contribution in [3.05, 3.63) is 29.3 Å². The summed E-state index contributed by atoms with van der Waals surface area (Å²) < 4.78 is 54.6. The van der Waals surface area contributed by atoms with E-state index in [4.69, 9.17) is 10.2 Å². The summed E-state index contributed by atoms with van der Waals surface area (Å²) in [5, 5.41) is 15.9. The molecule has 0 heterocycles. The Bertz CT molecular complexity index is 372. The number of hydrogen-bond acceptors (Lipinski definition) is 3. The van der Waals surface area contributed by atoms with Crippen molar-refractivity contribution in [2.75, 3.05) is 0 Å². The summed E-state index contributed by atoms with van der Waals surface area (Å²) in [5.74, 6) is -7.08. The molecule has 0 aromatic heterocycles. The van der Waals surface area contributed by atoms with E-state index in [-0.39, 0.29) is 0 Å². The molecule has 0 aliphatic rings. The molecule has 8 heteroatoms. The predicted octanol–water partition coefficient (Wildman–Crippen LogP) is -0.228. The first-order valence-electron chi connectivity index (χ1n) is 3.54. The highest BCUT2D eigenvalue weighted by Crippen LogP contribution is 2.11. The molecule has 3 nitrogen and oxygen atoms in total. The van der Waals surface area contributed by atoms with Crippen molar-refractivity contribution in [1.82, 2.24) is 0 Å². The number of aliphatic hydroxyl groups excluding tert-OH is 1. The van der Waals surface area contributed by atoms with Gasteiger partial charge in [0.15, 0.2) is 23.3 Å². The minimum atomic E-state index is -2.20. The Hall–Kier alpha value is -0.963. The maximum Gasteiger partial charge on any atom is 0.278 e. The molecular weight excluding hydrogens is 236 g/mol. The zero-order valence-electron chi connectivity index (χ0n) is 6.97. The highest BCUT2D eigenvalue weighted by molar-refractivity contribution is 6.47. The molecule has 0 saturated heterocycles. The fourth-order valence-corrected chi connectivity index (χ4v) is 1.38. The van der Waals surface area contributed by atoms with Gasteiger partial charge in [-0.2, -0.15) is 0 Å². The predicted molar refractivity (Wildman–Crippen MR) is 41.0 cm³/mol. The van der Waals surface area contributed by atoms with Crippen LogP contribution < -0.4 is 5.19 Å². The fourth-order valence-electron chi connectivity index (χ4n) is 0.763. The van der Waals surface area contributed by atoms with Gasteiger partial charge in [-0.05, 0) is 6.07 Å².